The van der Waals surface area contributed by atoms with Gasteiger partial charge in [-0.15, -0.1) is 0 Å². The lowest BCUT2D eigenvalue weighted by molar-refractivity contribution is 0.174. The average molecular weight is 305 g/mol. The minimum Gasteiger partial charge on any atom is -0.454 e. The van der Waals surface area contributed by atoms with Crippen molar-refractivity contribution in [3.8, 4) is 22.8 Å². The summed E-state index contributed by atoms with van der Waals surface area (Å²) >= 11 is 0. The van der Waals surface area contributed by atoms with Crippen molar-refractivity contribution >= 4 is 22.4 Å². The number of nitrogens with one attached hydrogen (secondary N) is 2. The predicted octanol–water partition coefficient (Wildman–Crippen LogP) is 4.04. The van der Waals surface area contributed by atoms with Crippen LogP contribution in [0, 0.1) is 5.41 Å². The van der Waals surface area contributed by atoms with E-state index in [4.69, 9.17) is 19.9 Å². The van der Waals surface area contributed by atoms with Crippen LogP contribution < -0.4 is 14.8 Å². The van der Waals surface area contributed by atoms with E-state index in [1.165, 1.54) is 0 Å². The van der Waals surface area contributed by atoms with Gasteiger partial charge in [-0.05, 0) is 49.4 Å². The van der Waals surface area contributed by atoms with Crippen LogP contribution >= 0.6 is 0 Å². The molecule has 0 atom stereocenters. The molecule has 0 radical (unpaired) electrons. The molecule has 114 valence electrons. The summed E-state index contributed by atoms with van der Waals surface area (Å²) in [6.45, 7) is 1.98. The van der Waals surface area contributed by atoms with E-state index in [9.17, 15) is 0 Å². The summed E-state index contributed by atoms with van der Waals surface area (Å²) in [5.74, 6) is 1.94. The van der Waals surface area contributed by atoms with Crippen molar-refractivity contribution in [3.05, 3.63) is 48.5 Å². The highest BCUT2D eigenvalue weighted by molar-refractivity contribution is 5.94. The van der Waals surface area contributed by atoms with Gasteiger partial charge in [-0.3, -0.25) is 5.41 Å². The smallest absolute Gasteiger partial charge is 0.231 e. The second-order valence-electron chi connectivity index (χ2n) is 5.42. The van der Waals surface area contributed by atoms with E-state index in [-0.39, 0.29) is 6.79 Å². The number of pyridine rings is 1. The summed E-state index contributed by atoms with van der Waals surface area (Å²) in [4.78, 5) is 4.71. The average Bonchev–Trinajstić information content (AvgIpc) is 3.01. The topological polar surface area (TPSA) is 67.2 Å². The maximum atomic E-state index is 7.50. The van der Waals surface area contributed by atoms with E-state index >= 15 is 0 Å². The maximum Gasteiger partial charge on any atom is 0.231 e. The Morgan fingerprint density at radius 3 is 2.78 bits per heavy atom. The first-order valence-corrected chi connectivity index (χ1v) is 7.32. The normalized spacial score (nSPS) is 12.4. The van der Waals surface area contributed by atoms with Crippen LogP contribution in [0.15, 0.2) is 48.5 Å². The molecule has 0 amide bonds. The molecular weight excluding hydrogens is 290 g/mol. The Balaban J connectivity index is 1.73. The third-order valence-electron chi connectivity index (χ3n) is 3.69. The van der Waals surface area contributed by atoms with Crippen LogP contribution in [0.5, 0.6) is 11.5 Å². The molecule has 4 rings (SSSR count). The van der Waals surface area contributed by atoms with Gasteiger partial charge in [0, 0.05) is 16.6 Å². The van der Waals surface area contributed by atoms with Crippen molar-refractivity contribution in [1.29, 1.82) is 5.41 Å². The van der Waals surface area contributed by atoms with Gasteiger partial charge in [0.15, 0.2) is 11.5 Å². The molecule has 0 fully saturated rings. The van der Waals surface area contributed by atoms with Gasteiger partial charge in [0.2, 0.25) is 6.79 Å². The predicted molar refractivity (Wildman–Crippen MR) is 90.3 cm³/mol. The van der Waals surface area contributed by atoms with Crippen molar-refractivity contribution in [2.75, 3.05) is 12.1 Å². The Labute approximate surface area is 133 Å². The van der Waals surface area contributed by atoms with Crippen molar-refractivity contribution in [3.63, 3.8) is 0 Å². The van der Waals surface area contributed by atoms with Gasteiger partial charge in [0.25, 0.3) is 0 Å². The molecule has 2 heterocycles. The fraction of sp³-hybridized carbons (Fsp3) is 0.111. The second kappa shape index (κ2) is 5.28. The zero-order chi connectivity index (χ0) is 15.8. The van der Waals surface area contributed by atoms with E-state index in [0.717, 1.165) is 39.3 Å². The third kappa shape index (κ3) is 2.57. The largest absolute Gasteiger partial charge is 0.454 e. The molecule has 3 aromatic rings. The molecule has 1 aliphatic heterocycles. The molecular formula is C18H15N3O2. The Bertz CT molecular complexity index is 921. The lowest BCUT2D eigenvalue weighted by atomic mass is 10.1. The highest BCUT2D eigenvalue weighted by Gasteiger charge is 2.14. The highest BCUT2D eigenvalue weighted by atomic mass is 16.7. The number of anilines is 1. The van der Waals surface area contributed by atoms with Gasteiger partial charge in [0.1, 0.15) is 0 Å². The number of rotatable bonds is 2. The van der Waals surface area contributed by atoms with Gasteiger partial charge in [-0.2, -0.15) is 0 Å². The fourth-order valence-corrected chi connectivity index (χ4v) is 2.64. The molecule has 0 saturated carbocycles. The number of nitrogens with zero attached hydrogens (tertiary/aromatic N) is 1. The Hall–Kier alpha value is -3.08. The Morgan fingerprint density at radius 2 is 1.91 bits per heavy atom. The minimum atomic E-state index is 0.270. The van der Waals surface area contributed by atoms with Crippen LogP contribution in [-0.2, 0) is 0 Å². The third-order valence-corrected chi connectivity index (χ3v) is 3.69. The van der Waals surface area contributed by atoms with Gasteiger partial charge in [-0.1, -0.05) is 6.07 Å². The first-order chi connectivity index (χ1) is 11.2. The fourth-order valence-electron chi connectivity index (χ4n) is 2.64. The standard InChI is InChI=1S/C18H15N3O2/c1-11(19)20-14-4-6-16-12(8-14)2-5-15(21-16)13-3-7-17-18(9-13)23-10-22-17/h2-9H,10H2,1H3,(H2,19,20). The highest BCUT2D eigenvalue weighted by Crippen LogP contribution is 2.35. The molecule has 0 spiro atoms. The maximum absolute atomic E-state index is 7.50. The lowest BCUT2D eigenvalue weighted by Crippen LogP contribution is -2.04. The molecule has 0 bridgehead atoms. The number of hydrogen-bond donors (Lipinski definition) is 2. The van der Waals surface area contributed by atoms with Crippen molar-refractivity contribution in [1.82, 2.24) is 4.98 Å². The van der Waals surface area contributed by atoms with E-state index in [1.54, 1.807) is 6.92 Å². The summed E-state index contributed by atoms with van der Waals surface area (Å²) in [6.07, 6.45) is 0. The van der Waals surface area contributed by atoms with Crippen LogP contribution in [0.3, 0.4) is 0 Å². The van der Waals surface area contributed by atoms with Gasteiger partial charge in [0.05, 0.1) is 17.0 Å². The Kier molecular flexibility index (Phi) is 3.12. The molecule has 5 heteroatoms. The number of amidine groups is 1. The van der Waals surface area contributed by atoms with Crippen LogP contribution in [0.4, 0.5) is 5.69 Å². The molecule has 0 aliphatic carbocycles. The quantitative estimate of drug-likeness (QED) is 0.554. The first-order valence-electron chi connectivity index (χ1n) is 7.32. The molecule has 2 N–H and O–H groups in total. The minimum absolute atomic E-state index is 0.270. The van der Waals surface area contributed by atoms with Crippen molar-refractivity contribution < 1.29 is 9.47 Å². The van der Waals surface area contributed by atoms with Gasteiger partial charge >= 0.3 is 0 Å². The van der Waals surface area contributed by atoms with E-state index in [2.05, 4.69) is 5.32 Å². The van der Waals surface area contributed by atoms with Crippen molar-refractivity contribution in [2.45, 2.75) is 6.92 Å². The number of fused-ring (bicyclic) bond motifs is 2. The van der Waals surface area contributed by atoms with Gasteiger partial charge in [-0.25, -0.2) is 4.98 Å². The molecule has 1 aliphatic rings. The lowest BCUT2D eigenvalue weighted by Gasteiger charge is -2.07. The Morgan fingerprint density at radius 1 is 1.04 bits per heavy atom. The van der Waals surface area contributed by atoms with Crippen LogP contribution in [-0.4, -0.2) is 17.6 Å². The summed E-state index contributed by atoms with van der Waals surface area (Å²) in [7, 11) is 0. The van der Waals surface area contributed by atoms with Crippen molar-refractivity contribution in [2.24, 2.45) is 0 Å². The molecule has 23 heavy (non-hydrogen) atoms. The molecule has 0 saturated heterocycles. The zero-order valence-electron chi connectivity index (χ0n) is 12.6. The van der Waals surface area contributed by atoms with E-state index in [1.807, 2.05) is 48.5 Å². The molecule has 2 aromatic carbocycles. The summed E-state index contributed by atoms with van der Waals surface area (Å²) in [5.41, 5.74) is 3.68. The summed E-state index contributed by atoms with van der Waals surface area (Å²) in [6, 6.07) is 15.7. The molecule has 1 aromatic heterocycles. The number of aromatic nitrogens is 1. The SMILES string of the molecule is CC(=N)Nc1ccc2nc(-c3ccc4c(c3)OCO4)ccc2c1. The summed E-state index contributed by atoms with van der Waals surface area (Å²) < 4.78 is 10.8. The van der Waals surface area contributed by atoms with Crippen LogP contribution in [0.2, 0.25) is 0 Å². The van der Waals surface area contributed by atoms with Crippen LogP contribution in [0.25, 0.3) is 22.2 Å². The molecule has 5 nitrogen and oxygen atoms in total. The van der Waals surface area contributed by atoms with Crippen LogP contribution in [0.1, 0.15) is 6.92 Å². The number of ether oxygens (including phenoxy) is 2. The summed E-state index contributed by atoms with van der Waals surface area (Å²) in [5, 5.41) is 11.5. The number of hydrogen-bond acceptors (Lipinski definition) is 4. The second-order valence-corrected chi connectivity index (χ2v) is 5.42. The first kappa shape index (κ1) is 13.6. The van der Waals surface area contributed by atoms with Gasteiger partial charge < -0.3 is 14.8 Å². The monoisotopic (exact) mass is 305 g/mol. The molecule has 0 unspecified atom stereocenters. The van der Waals surface area contributed by atoms with E-state index in [0.29, 0.717) is 5.84 Å². The number of benzene rings is 2. The zero-order valence-corrected chi connectivity index (χ0v) is 12.6. The van der Waals surface area contributed by atoms with E-state index < -0.39 is 0 Å².